The second-order valence-corrected chi connectivity index (χ2v) is 8.98. The van der Waals surface area contributed by atoms with Gasteiger partial charge in [0.1, 0.15) is 11.7 Å². The number of halogens is 10. The predicted molar refractivity (Wildman–Crippen MR) is 126 cm³/mol. The normalized spacial score (nSPS) is 14.2. The van der Waals surface area contributed by atoms with Gasteiger partial charge in [0, 0.05) is 17.5 Å². The maximum absolute atomic E-state index is 14.8. The van der Waals surface area contributed by atoms with Crippen LogP contribution in [0.2, 0.25) is 15.1 Å². The molecule has 2 atom stereocenters. The van der Waals surface area contributed by atoms with E-state index in [1.54, 1.807) is 0 Å². The Kier molecular flexibility index (Phi) is 10.3. The Morgan fingerprint density at radius 2 is 1.43 bits per heavy atom. The highest BCUT2D eigenvalue weighted by Gasteiger charge is 2.40. The van der Waals surface area contributed by atoms with E-state index >= 15 is 0 Å². The van der Waals surface area contributed by atoms with Crippen molar-refractivity contribution >= 4 is 52.4 Å². The van der Waals surface area contributed by atoms with E-state index in [0.717, 1.165) is 36.4 Å². The largest absolute Gasteiger partial charge is 0.399 e. The number of carbonyl (C=O) groups is 2. The van der Waals surface area contributed by atoms with Gasteiger partial charge in [0.15, 0.2) is 0 Å². The van der Waals surface area contributed by atoms with Crippen molar-refractivity contribution in [1.82, 2.24) is 10.6 Å². The zero-order valence-electron chi connectivity index (χ0n) is 18.7. The van der Waals surface area contributed by atoms with Gasteiger partial charge in [-0.15, -0.1) is 0 Å². The first-order valence-electron chi connectivity index (χ1n) is 10.3. The zero-order chi connectivity index (χ0) is 28.1. The van der Waals surface area contributed by atoms with Gasteiger partial charge < -0.3 is 10.6 Å². The Labute approximate surface area is 221 Å². The van der Waals surface area contributed by atoms with Crippen LogP contribution < -0.4 is 10.6 Å². The quantitative estimate of drug-likeness (QED) is 0.186. The lowest BCUT2D eigenvalue weighted by Crippen LogP contribution is -2.46. The van der Waals surface area contributed by atoms with Gasteiger partial charge in [-0.05, 0) is 42.8 Å². The molecule has 2 aromatic rings. The van der Waals surface area contributed by atoms with E-state index in [1.807, 2.05) is 0 Å². The Hall–Kier alpha value is -2.50. The van der Waals surface area contributed by atoms with Crippen LogP contribution in [-0.2, 0) is 4.79 Å². The molecule has 14 heteroatoms. The van der Waals surface area contributed by atoms with E-state index in [2.05, 4.69) is 10.6 Å². The van der Waals surface area contributed by atoms with Crippen LogP contribution in [0, 0.1) is 0 Å². The molecule has 0 aromatic heterocycles. The fourth-order valence-electron chi connectivity index (χ4n) is 3.04. The SMILES string of the molecule is C[C@H](NC(=O)CCC(F)(F)F)NC(=O)c1ccc(/C(F)=C/C(c2cc(Cl)c(Cl)c(Cl)c2)C(F)(F)F)cc1. The van der Waals surface area contributed by atoms with E-state index in [1.165, 1.54) is 6.92 Å². The third kappa shape index (κ3) is 9.39. The summed E-state index contributed by atoms with van der Waals surface area (Å²) in [5.74, 6) is -5.36. The number of hydrogen-bond donors (Lipinski definition) is 2. The smallest absolute Gasteiger partial charge is 0.336 e. The molecular formula is C23H18Cl3F7N2O2. The lowest BCUT2D eigenvalue weighted by atomic mass is 9.96. The summed E-state index contributed by atoms with van der Waals surface area (Å²) in [6.45, 7) is 1.31. The molecule has 2 N–H and O–H groups in total. The second-order valence-electron chi connectivity index (χ2n) is 7.79. The molecule has 202 valence electrons. The van der Waals surface area contributed by atoms with E-state index < -0.39 is 60.5 Å². The number of allylic oxidation sites excluding steroid dienone is 1. The molecule has 37 heavy (non-hydrogen) atoms. The van der Waals surface area contributed by atoms with Gasteiger partial charge in [-0.25, -0.2) is 4.39 Å². The molecule has 2 aromatic carbocycles. The van der Waals surface area contributed by atoms with Crippen molar-refractivity contribution in [2.75, 3.05) is 0 Å². The van der Waals surface area contributed by atoms with Crippen molar-refractivity contribution in [3.8, 4) is 0 Å². The maximum atomic E-state index is 14.8. The van der Waals surface area contributed by atoms with Crippen molar-refractivity contribution in [1.29, 1.82) is 0 Å². The topological polar surface area (TPSA) is 58.2 Å². The molecule has 0 fully saturated rings. The van der Waals surface area contributed by atoms with Gasteiger partial charge >= 0.3 is 12.4 Å². The molecule has 0 aliphatic carbocycles. The predicted octanol–water partition coefficient (Wildman–Crippen LogP) is 7.84. The standard InChI is InChI=1S/C23H18Cl3F7N2O2/c1-11(34-19(36)6-7-22(28,29)30)35-21(37)13-4-2-12(3-5-13)18(27)10-15(23(31,32)33)14-8-16(24)20(26)17(25)9-14/h2-5,8-11,15H,6-7H2,1H3,(H,34,36)(H,35,37)/b18-10-/t11-,15?/m1/s1. The van der Waals surface area contributed by atoms with Crippen LogP contribution in [0.25, 0.3) is 5.83 Å². The Balaban J connectivity index is 2.13. The summed E-state index contributed by atoms with van der Waals surface area (Å²) in [4.78, 5) is 23.8. The first-order chi connectivity index (χ1) is 17.0. The molecule has 0 heterocycles. The monoisotopic (exact) mass is 592 g/mol. The van der Waals surface area contributed by atoms with Gasteiger partial charge in [-0.2, -0.15) is 26.3 Å². The summed E-state index contributed by atoms with van der Waals surface area (Å²) >= 11 is 17.4. The lowest BCUT2D eigenvalue weighted by molar-refractivity contribution is -0.144. The van der Waals surface area contributed by atoms with Crippen LogP contribution in [0.3, 0.4) is 0 Å². The molecule has 2 amide bonds. The molecule has 0 saturated heterocycles. The minimum Gasteiger partial charge on any atom is -0.336 e. The van der Waals surface area contributed by atoms with E-state index in [9.17, 15) is 40.3 Å². The molecule has 0 aliphatic heterocycles. The third-order valence-electron chi connectivity index (χ3n) is 4.81. The number of benzene rings is 2. The molecule has 0 saturated carbocycles. The minimum absolute atomic E-state index is 0.0448. The van der Waals surface area contributed by atoms with Gasteiger partial charge in [0.2, 0.25) is 5.91 Å². The molecule has 0 radical (unpaired) electrons. The van der Waals surface area contributed by atoms with Gasteiger partial charge in [0.05, 0.1) is 27.7 Å². The van der Waals surface area contributed by atoms with E-state index in [4.69, 9.17) is 34.8 Å². The average molecular weight is 594 g/mol. The van der Waals surface area contributed by atoms with Crippen LogP contribution in [0.15, 0.2) is 42.5 Å². The summed E-state index contributed by atoms with van der Waals surface area (Å²) < 4.78 is 92.3. The molecule has 0 spiro atoms. The number of amides is 2. The molecule has 2 rings (SSSR count). The lowest BCUT2D eigenvalue weighted by Gasteiger charge is -2.19. The Bertz CT molecular complexity index is 1140. The highest BCUT2D eigenvalue weighted by Crippen LogP contribution is 2.42. The van der Waals surface area contributed by atoms with E-state index in [-0.39, 0.29) is 26.2 Å². The number of rotatable bonds is 8. The molecular weight excluding hydrogens is 576 g/mol. The molecule has 4 nitrogen and oxygen atoms in total. The fourth-order valence-corrected chi connectivity index (χ4v) is 3.66. The van der Waals surface area contributed by atoms with Crippen LogP contribution >= 0.6 is 34.8 Å². The van der Waals surface area contributed by atoms with Crippen molar-refractivity contribution in [2.45, 2.75) is 44.2 Å². The van der Waals surface area contributed by atoms with Crippen molar-refractivity contribution < 1.29 is 40.3 Å². The van der Waals surface area contributed by atoms with Crippen molar-refractivity contribution in [3.63, 3.8) is 0 Å². The first-order valence-corrected chi connectivity index (χ1v) is 11.5. The van der Waals surface area contributed by atoms with Gasteiger partial charge in [-0.1, -0.05) is 46.9 Å². The summed E-state index contributed by atoms with van der Waals surface area (Å²) in [7, 11) is 0. The van der Waals surface area contributed by atoms with E-state index in [0.29, 0.717) is 6.08 Å². The Morgan fingerprint density at radius 3 is 1.92 bits per heavy atom. The summed E-state index contributed by atoms with van der Waals surface area (Å²) in [6, 6.07) is 6.21. The fraction of sp³-hybridized carbons (Fsp3) is 0.304. The molecule has 0 bridgehead atoms. The maximum Gasteiger partial charge on any atom is 0.399 e. The summed E-state index contributed by atoms with van der Waals surface area (Å²) in [5.41, 5.74) is -0.758. The van der Waals surface area contributed by atoms with Crippen molar-refractivity contribution in [2.24, 2.45) is 0 Å². The number of carbonyl (C=O) groups excluding carboxylic acids is 2. The second kappa shape index (κ2) is 12.4. The third-order valence-corrected chi connectivity index (χ3v) is 6.01. The number of hydrogen-bond acceptors (Lipinski definition) is 2. The highest BCUT2D eigenvalue weighted by molar-refractivity contribution is 6.48. The van der Waals surface area contributed by atoms with Crippen LogP contribution in [0.4, 0.5) is 30.7 Å². The Morgan fingerprint density at radius 1 is 0.919 bits per heavy atom. The van der Waals surface area contributed by atoms with Gasteiger partial charge in [0.25, 0.3) is 5.91 Å². The van der Waals surface area contributed by atoms with Crippen molar-refractivity contribution in [3.05, 3.63) is 74.2 Å². The van der Waals surface area contributed by atoms with Gasteiger partial charge in [-0.3, -0.25) is 9.59 Å². The number of alkyl halides is 6. The molecule has 0 aliphatic rings. The van der Waals surface area contributed by atoms with Crippen LogP contribution in [-0.4, -0.2) is 30.3 Å². The number of nitrogens with one attached hydrogen (secondary N) is 2. The molecule has 1 unspecified atom stereocenters. The van der Waals surface area contributed by atoms with Crippen LogP contribution in [0.5, 0.6) is 0 Å². The first kappa shape index (κ1) is 30.7. The average Bonchev–Trinajstić information content (AvgIpc) is 2.78. The highest BCUT2D eigenvalue weighted by atomic mass is 35.5. The summed E-state index contributed by atoms with van der Waals surface area (Å²) in [5, 5.41) is 3.85. The van der Waals surface area contributed by atoms with Crippen LogP contribution in [0.1, 0.15) is 47.2 Å². The summed E-state index contributed by atoms with van der Waals surface area (Å²) in [6.07, 6.45) is -12.3. The zero-order valence-corrected chi connectivity index (χ0v) is 21.0. The minimum atomic E-state index is -4.90.